The van der Waals surface area contributed by atoms with Crippen LogP contribution >= 0.6 is 0 Å². The van der Waals surface area contributed by atoms with Crippen molar-refractivity contribution in [3.63, 3.8) is 0 Å². The van der Waals surface area contributed by atoms with Gasteiger partial charge in [0, 0.05) is 37.8 Å². The van der Waals surface area contributed by atoms with E-state index in [1.54, 1.807) is 0 Å². The first-order chi connectivity index (χ1) is 14.0. The number of halogens is 3. The van der Waals surface area contributed by atoms with Gasteiger partial charge in [-0.25, -0.2) is 23.1 Å². The molecule has 0 aliphatic carbocycles. The highest BCUT2D eigenvalue weighted by Crippen LogP contribution is 2.22. The SMILES string of the molecule is O=C(c1ccc(F)c(F)c1F)N1CCN(c2cc(-c3ccccc3)ncn2)CC1. The van der Waals surface area contributed by atoms with E-state index >= 15 is 0 Å². The lowest BCUT2D eigenvalue weighted by atomic mass is 10.1. The molecule has 2 heterocycles. The number of carbonyl (C=O) groups excluding carboxylic acids is 1. The molecule has 8 heteroatoms. The normalized spacial score (nSPS) is 14.2. The van der Waals surface area contributed by atoms with Crippen molar-refractivity contribution in [2.45, 2.75) is 0 Å². The number of anilines is 1. The van der Waals surface area contributed by atoms with E-state index in [1.807, 2.05) is 41.3 Å². The van der Waals surface area contributed by atoms with Crippen LogP contribution in [0, 0.1) is 17.5 Å². The predicted octanol–water partition coefficient (Wildman–Crippen LogP) is 3.52. The lowest BCUT2D eigenvalue weighted by Crippen LogP contribution is -2.49. The molecule has 1 aromatic heterocycles. The maximum absolute atomic E-state index is 13.9. The Hall–Kier alpha value is -3.42. The molecule has 0 saturated carbocycles. The molecule has 2 aromatic carbocycles. The molecular formula is C21H17F3N4O. The summed E-state index contributed by atoms with van der Waals surface area (Å²) in [7, 11) is 0. The number of rotatable bonds is 3. The first kappa shape index (κ1) is 18.9. The molecule has 1 saturated heterocycles. The summed E-state index contributed by atoms with van der Waals surface area (Å²) in [6, 6.07) is 13.3. The summed E-state index contributed by atoms with van der Waals surface area (Å²) in [6.45, 7) is 1.56. The van der Waals surface area contributed by atoms with Gasteiger partial charge in [-0.1, -0.05) is 30.3 Å². The first-order valence-corrected chi connectivity index (χ1v) is 9.10. The molecule has 0 spiro atoms. The van der Waals surface area contributed by atoms with Gasteiger partial charge in [-0.05, 0) is 12.1 Å². The van der Waals surface area contributed by atoms with Crippen molar-refractivity contribution in [3.8, 4) is 11.3 Å². The van der Waals surface area contributed by atoms with E-state index in [0.717, 1.165) is 29.2 Å². The summed E-state index contributed by atoms with van der Waals surface area (Å²) < 4.78 is 40.5. The van der Waals surface area contributed by atoms with Crippen LogP contribution in [-0.4, -0.2) is 47.0 Å². The summed E-state index contributed by atoms with van der Waals surface area (Å²) in [5.41, 5.74) is 1.29. The van der Waals surface area contributed by atoms with E-state index in [2.05, 4.69) is 9.97 Å². The largest absolute Gasteiger partial charge is 0.353 e. The fraction of sp³-hybridized carbons (Fsp3) is 0.190. The molecule has 5 nitrogen and oxygen atoms in total. The Morgan fingerprint density at radius 1 is 0.862 bits per heavy atom. The van der Waals surface area contributed by atoms with Crippen LogP contribution in [0.25, 0.3) is 11.3 Å². The standard InChI is InChI=1S/C21H17F3N4O/c22-16-7-6-15(19(23)20(16)24)21(29)28-10-8-27(9-11-28)18-12-17(25-13-26-18)14-4-2-1-3-5-14/h1-7,12-13H,8-11H2. The Balaban J connectivity index is 1.46. The van der Waals surface area contributed by atoms with Gasteiger partial charge in [0.2, 0.25) is 0 Å². The van der Waals surface area contributed by atoms with Crippen molar-refractivity contribution in [2.75, 3.05) is 31.1 Å². The minimum absolute atomic E-state index is 0.307. The summed E-state index contributed by atoms with van der Waals surface area (Å²) in [5.74, 6) is -4.34. The number of aromatic nitrogens is 2. The van der Waals surface area contributed by atoms with Crippen molar-refractivity contribution in [2.24, 2.45) is 0 Å². The van der Waals surface area contributed by atoms with Crippen LogP contribution in [0.3, 0.4) is 0 Å². The highest BCUT2D eigenvalue weighted by atomic mass is 19.2. The predicted molar refractivity (Wildman–Crippen MR) is 102 cm³/mol. The topological polar surface area (TPSA) is 49.3 Å². The zero-order chi connectivity index (χ0) is 20.4. The molecule has 1 fully saturated rings. The highest BCUT2D eigenvalue weighted by molar-refractivity contribution is 5.94. The molecule has 0 radical (unpaired) electrons. The van der Waals surface area contributed by atoms with Crippen molar-refractivity contribution < 1.29 is 18.0 Å². The van der Waals surface area contributed by atoms with E-state index in [0.29, 0.717) is 26.2 Å². The third-order valence-corrected chi connectivity index (χ3v) is 4.88. The number of piperazine rings is 1. The molecule has 0 unspecified atom stereocenters. The van der Waals surface area contributed by atoms with Crippen LogP contribution in [0.1, 0.15) is 10.4 Å². The molecular weight excluding hydrogens is 381 g/mol. The lowest BCUT2D eigenvalue weighted by Gasteiger charge is -2.35. The zero-order valence-corrected chi connectivity index (χ0v) is 15.4. The minimum atomic E-state index is -1.64. The fourth-order valence-corrected chi connectivity index (χ4v) is 3.29. The van der Waals surface area contributed by atoms with Crippen molar-refractivity contribution in [3.05, 3.63) is 77.9 Å². The van der Waals surface area contributed by atoms with Gasteiger partial charge >= 0.3 is 0 Å². The highest BCUT2D eigenvalue weighted by Gasteiger charge is 2.27. The van der Waals surface area contributed by atoms with Crippen LogP contribution in [-0.2, 0) is 0 Å². The van der Waals surface area contributed by atoms with Crippen LogP contribution in [0.2, 0.25) is 0 Å². The third kappa shape index (κ3) is 3.78. The Labute approximate surface area is 165 Å². The Morgan fingerprint density at radius 3 is 2.31 bits per heavy atom. The van der Waals surface area contributed by atoms with E-state index in [9.17, 15) is 18.0 Å². The summed E-state index contributed by atoms with van der Waals surface area (Å²) in [5, 5.41) is 0. The Kier molecular flexibility index (Phi) is 5.16. The maximum Gasteiger partial charge on any atom is 0.257 e. The molecule has 29 heavy (non-hydrogen) atoms. The number of nitrogens with zero attached hydrogens (tertiary/aromatic N) is 4. The van der Waals surface area contributed by atoms with Crippen molar-refractivity contribution in [1.29, 1.82) is 0 Å². The van der Waals surface area contributed by atoms with Crippen molar-refractivity contribution in [1.82, 2.24) is 14.9 Å². The lowest BCUT2D eigenvalue weighted by molar-refractivity contribution is 0.0740. The third-order valence-electron chi connectivity index (χ3n) is 4.88. The van der Waals surface area contributed by atoms with E-state index in [-0.39, 0.29) is 0 Å². The maximum atomic E-state index is 13.9. The van der Waals surface area contributed by atoms with E-state index < -0.39 is 28.9 Å². The molecule has 1 amide bonds. The first-order valence-electron chi connectivity index (χ1n) is 9.10. The summed E-state index contributed by atoms with van der Waals surface area (Å²) in [6.07, 6.45) is 1.49. The molecule has 1 aliphatic rings. The van der Waals surface area contributed by atoms with Crippen LogP contribution in [0.15, 0.2) is 54.9 Å². The quantitative estimate of drug-likeness (QED) is 0.634. The smallest absolute Gasteiger partial charge is 0.257 e. The number of benzene rings is 2. The molecule has 0 atom stereocenters. The zero-order valence-electron chi connectivity index (χ0n) is 15.4. The van der Waals surface area contributed by atoms with Gasteiger partial charge in [0.05, 0.1) is 11.3 Å². The van der Waals surface area contributed by atoms with Gasteiger partial charge in [-0.3, -0.25) is 4.79 Å². The Bertz CT molecular complexity index is 1040. The van der Waals surface area contributed by atoms with Gasteiger partial charge in [-0.2, -0.15) is 0 Å². The molecule has 0 N–H and O–H groups in total. The molecule has 1 aliphatic heterocycles. The van der Waals surface area contributed by atoms with Crippen LogP contribution in [0.5, 0.6) is 0 Å². The summed E-state index contributed by atoms with van der Waals surface area (Å²) >= 11 is 0. The fourth-order valence-electron chi connectivity index (χ4n) is 3.29. The average Bonchev–Trinajstić information content (AvgIpc) is 2.78. The van der Waals surface area contributed by atoms with E-state index in [1.165, 1.54) is 11.2 Å². The monoisotopic (exact) mass is 398 g/mol. The second kappa shape index (κ2) is 7.90. The number of carbonyl (C=O) groups is 1. The van der Waals surface area contributed by atoms with Crippen molar-refractivity contribution >= 4 is 11.7 Å². The van der Waals surface area contributed by atoms with Crippen LogP contribution in [0.4, 0.5) is 19.0 Å². The minimum Gasteiger partial charge on any atom is -0.353 e. The van der Waals surface area contributed by atoms with Gasteiger partial charge < -0.3 is 9.80 Å². The number of hydrogen-bond acceptors (Lipinski definition) is 4. The number of amides is 1. The second-order valence-electron chi connectivity index (χ2n) is 6.63. The molecule has 4 rings (SSSR count). The Morgan fingerprint density at radius 2 is 1.59 bits per heavy atom. The van der Waals surface area contributed by atoms with E-state index in [4.69, 9.17) is 0 Å². The second-order valence-corrected chi connectivity index (χ2v) is 6.63. The molecule has 3 aromatic rings. The number of hydrogen-bond donors (Lipinski definition) is 0. The molecule has 148 valence electrons. The van der Waals surface area contributed by atoms with Gasteiger partial charge in [0.1, 0.15) is 12.1 Å². The molecule has 0 bridgehead atoms. The average molecular weight is 398 g/mol. The van der Waals surface area contributed by atoms with Crippen LogP contribution < -0.4 is 4.90 Å². The van der Waals surface area contributed by atoms with Gasteiger partial charge in [0.15, 0.2) is 17.5 Å². The van der Waals surface area contributed by atoms with Gasteiger partial charge in [0.25, 0.3) is 5.91 Å². The summed E-state index contributed by atoms with van der Waals surface area (Å²) in [4.78, 5) is 24.6. The van der Waals surface area contributed by atoms with Gasteiger partial charge in [-0.15, -0.1) is 0 Å².